The van der Waals surface area contributed by atoms with Gasteiger partial charge in [0.25, 0.3) is 0 Å². The second-order valence-corrected chi connectivity index (χ2v) is 5.14. The first-order valence-corrected chi connectivity index (χ1v) is 7.65. The van der Waals surface area contributed by atoms with Crippen LogP contribution in [0.3, 0.4) is 0 Å². The van der Waals surface area contributed by atoms with E-state index in [2.05, 4.69) is 45.4 Å². The Morgan fingerprint density at radius 1 is 1.05 bits per heavy atom. The Labute approximate surface area is 134 Å². The summed E-state index contributed by atoms with van der Waals surface area (Å²) in [7, 11) is 0. The predicted octanol–water partition coefficient (Wildman–Crippen LogP) is 3.53. The average molecular weight is 317 g/mol. The van der Waals surface area contributed by atoms with Gasteiger partial charge in [0.1, 0.15) is 0 Å². The van der Waals surface area contributed by atoms with E-state index in [1.807, 2.05) is 49.4 Å². The van der Waals surface area contributed by atoms with E-state index in [9.17, 15) is 0 Å². The number of ether oxygens (including phenoxy) is 1. The molecule has 2 rings (SSSR count). The minimum atomic E-state index is 0.652. The van der Waals surface area contributed by atoms with E-state index in [4.69, 9.17) is 4.74 Å². The van der Waals surface area contributed by atoms with E-state index in [0.717, 1.165) is 22.4 Å². The Balaban J connectivity index is 2.14. The molecule has 2 nitrogen and oxygen atoms in total. The van der Waals surface area contributed by atoms with Crippen LogP contribution in [0.4, 0.5) is 0 Å². The normalized spacial score (nSPS) is 11.2. The van der Waals surface area contributed by atoms with Crippen molar-refractivity contribution in [1.29, 1.82) is 0 Å². The third-order valence-electron chi connectivity index (χ3n) is 2.96. The molecule has 0 atom stereocenters. The molecule has 0 aliphatic heterocycles. The monoisotopic (exact) mass is 317 g/mol. The zero-order chi connectivity index (χ0) is 14.9. The molecule has 0 aliphatic rings. The molecule has 0 radical (unpaired) electrons. The second kappa shape index (κ2) is 8.59. The fraction of sp³-hybridized carbons (Fsp3) is 0.167. The van der Waals surface area contributed by atoms with Crippen LogP contribution in [-0.4, -0.2) is 11.2 Å². The van der Waals surface area contributed by atoms with Crippen molar-refractivity contribution in [3.63, 3.8) is 0 Å². The van der Waals surface area contributed by atoms with Crippen LogP contribution < -0.4 is 5.32 Å². The van der Waals surface area contributed by atoms with Crippen LogP contribution in [0.25, 0.3) is 5.70 Å². The molecule has 0 amide bonds. The number of benzene rings is 2. The molecule has 2 aromatic carbocycles. The van der Waals surface area contributed by atoms with Crippen molar-refractivity contribution in [2.24, 2.45) is 0 Å². The Morgan fingerprint density at radius 2 is 1.67 bits per heavy atom. The van der Waals surface area contributed by atoms with Crippen molar-refractivity contribution in [2.75, 3.05) is 6.61 Å². The quantitative estimate of drug-likeness (QED) is 0.843. The molecule has 2 aromatic rings. The van der Waals surface area contributed by atoms with Crippen molar-refractivity contribution in [1.82, 2.24) is 5.32 Å². The van der Waals surface area contributed by atoms with Crippen molar-refractivity contribution < 1.29 is 20.6 Å². The van der Waals surface area contributed by atoms with Gasteiger partial charge in [-0.1, -0.05) is 0 Å². The molecular formula is C18H19CrNO. The van der Waals surface area contributed by atoms with Gasteiger partial charge in [0.05, 0.1) is 0 Å². The Morgan fingerprint density at radius 3 is 2.29 bits per heavy atom. The van der Waals surface area contributed by atoms with Gasteiger partial charge in [-0.2, -0.15) is 0 Å². The molecule has 0 unspecified atom stereocenters. The Bertz CT molecular complexity index is 593. The molecule has 0 saturated carbocycles. The van der Waals surface area contributed by atoms with Crippen LogP contribution in [0.1, 0.15) is 18.1 Å². The minimum absolute atomic E-state index is 0.652. The van der Waals surface area contributed by atoms with E-state index in [1.165, 1.54) is 5.56 Å². The summed E-state index contributed by atoms with van der Waals surface area (Å²) in [5, 5.41) is 3.48. The third kappa shape index (κ3) is 5.32. The van der Waals surface area contributed by atoms with E-state index in [-0.39, 0.29) is 0 Å². The molecule has 0 heterocycles. The first-order valence-electron chi connectivity index (χ1n) is 7.01. The van der Waals surface area contributed by atoms with Crippen molar-refractivity contribution in [2.45, 2.75) is 13.5 Å². The van der Waals surface area contributed by atoms with Gasteiger partial charge in [-0.05, 0) is 0 Å². The summed E-state index contributed by atoms with van der Waals surface area (Å²) in [6, 6.07) is 20.6. The maximum atomic E-state index is 5.49. The third-order valence-corrected chi connectivity index (χ3v) is 3.33. The molecule has 0 spiro atoms. The van der Waals surface area contributed by atoms with Gasteiger partial charge in [-0.3, -0.25) is 0 Å². The Hall–Kier alpha value is -1.66. The summed E-state index contributed by atoms with van der Waals surface area (Å²) in [6.45, 7) is 3.41. The molecule has 0 saturated heterocycles. The van der Waals surface area contributed by atoms with Crippen molar-refractivity contribution in [3.8, 4) is 0 Å². The zero-order valence-electron chi connectivity index (χ0n) is 12.1. The van der Waals surface area contributed by atoms with Gasteiger partial charge in [0, 0.05) is 0 Å². The van der Waals surface area contributed by atoms with Gasteiger partial charge in [0.2, 0.25) is 0 Å². The molecule has 0 fully saturated rings. The zero-order valence-corrected chi connectivity index (χ0v) is 13.4. The van der Waals surface area contributed by atoms with Crippen LogP contribution in [0.2, 0.25) is 0 Å². The maximum absolute atomic E-state index is 5.49. The summed E-state index contributed by atoms with van der Waals surface area (Å²) in [6.07, 6.45) is 2.00. The number of nitrogens with one attached hydrogen (secondary N) is 1. The van der Waals surface area contributed by atoms with E-state index in [0.29, 0.717) is 6.61 Å². The molecule has 0 aliphatic carbocycles. The van der Waals surface area contributed by atoms with Crippen LogP contribution in [0.15, 0.2) is 66.7 Å². The number of rotatable bonds is 7. The summed E-state index contributed by atoms with van der Waals surface area (Å²) in [5.41, 5.74) is 3.43. The van der Waals surface area contributed by atoms with Gasteiger partial charge in [-0.25, -0.2) is 0 Å². The number of hydrogen-bond acceptors (Lipinski definition) is 2. The second-order valence-electron chi connectivity index (χ2n) is 4.52. The number of hydrogen-bond donors (Lipinski definition) is 1. The van der Waals surface area contributed by atoms with Gasteiger partial charge in [0.15, 0.2) is 0 Å². The topological polar surface area (TPSA) is 21.3 Å². The fourth-order valence-corrected chi connectivity index (χ4v) is 2.32. The molecular weight excluding hydrogens is 298 g/mol. The molecule has 108 valence electrons. The standard InChI is InChI=1S/C18H19NO.Cr/c1-2-20-14-13-18(17-11-7-4-8-12-17)19-15-16-9-5-3-6-10-16;/h3-13,19H,2,15H2,1H3;/b18-13-;. The van der Waals surface area contributed by atoms with Crippen LogP contribution in [-0.2, 0) is 27.1 Å². The van der Waals surface area contributed by atoms with Gasteiger partial charge < -0.3 is 0 Å². The van der Waals surface area contributed by atoms with Crippen molar-refractivity contribution in [3.05, 3.63) is 77.9 Å². The van der Waals surface area contributed by atoms with E-state index >= 15 is 0 Å². The van der Waals surface area contributed by atoms with Gasteiger partial charge >= 0.3 is 134 Å². The summed E-state index contributed by atoms with van der Waals surface area (Å²) in [4.78, 5) is 0. The molecule has 21 heavy (non-hydrogen) atoms. The van der Waals surface area contributed by atoms with E-state index < -0.39 is 0 Å². The Kier molecular flexibility index (Phi) is 6.43. The molecule has 3 heteroatoms. The first-order chi connectivity index (χ1) is 10.3. The van der Waals surface area contributed by atoms with Crippen LogP contribution >= 0.6 is 0 Å². The van der Waals surface area contributed by atoms with Gasteiger partial charge in [-0.15, -0.1) is 0 Å². The molecule has 1 N–H and O–H groups in total. The summed E-state index contributed by atoms with van der Waals surface area (Å²) < 4.78 is 6.28. The molecule has 0 bridgehead atoms. The van der Waals surface area contributed by atoms with Crippen LogP contribution in [0.5, 0.6) is 0 Å². The fourth-order valence-electron chi connectivity index (χ4n) is 1.95. The van der Waals surface area contributed by atoms with E-state index in [1.54, 1.807) is 0 Å². The SMILES string of the molecule is CCO[C](=[Cr])/C=C(\NCc1ccccc1)c1ccccc1. The van der Waals surface area contributed by atoms with Crippen LogP contribution in [0, 0.1) is 0 Å². The predicted molar refractivity (Wildman–Crippen MR) is 84.3 cm³/mol. The molecule has 0 aromatic heterocycles. The summed E-state index contributed by atoms with van der Waals surface area (Å²) in [5.74, 6) is 0. The summed E-state index contributed by atoms with van der Waals surface area (Å²) >= 11 is 2.95. The van der Waals surface area contributed by atoms with Crippen molar-refractivity contribution >= 4 is 10.3 Å². The first kappa shape index (κ1) is 15.7. The average Bonchev–Trinajstić information content (AvgIpc) is 2.53.